The average Bonchev–Trinajstić information content (AvgIpc) is 3.32. The van der Waals surface area contributed by atoms with E-state index in [-0.39, 0.29) is 17.7 Å². The Bertz CT molecular complexity index is 932. The molecular formula is C20H20ClN3O3. The molecule has 0 radical (unpaired) electrons. The van der Waals surface area contributed by atoms with E-state index in [1.807, 2.05) is 24.3 Å². The van der Waals surface area contributed by atoms with Crippen LogP contribution in [0, 0.1) is 6.92 Å². The van der Waals surface area contributed by atoms with E-state index in [0.29, 0.717) is 29.6 Å². The first kappa shape index (κ1) is 17.8. The molecule has 0 aliphatic carbocycles. The molecule has 1 atom stereocenters. The van der Waals surface area contributed by atoms with Gasteiger partial charge in [0.25, 0.3) is 5.91 Å². The van der Waals surface area contributed by atoms with Gasteiger partial charge in [0.05, 0.1) is 11.9 Å². The van der Waals surface area contributed by atoms with Crippen molar-refractivity contribution in [2.75, 3.05) is 6.54 Å². The highest BCUT2D eigenvalue weighted by Crippen LogP contribution is 2.32. The molecule has 1 saturated heterocycles. The molecule has 1 aliphatic rings. The number of likely N-dealkylation sites (tertiary alicyclic amines) is 1. The molecule has 6 nitrogen and oxygen atoms in total. The van der Waals surface area contributed by atoms with Crippen molar-refractivity contribution in [3.05, 3.63) is 70.5 Å². The lowest BCUT2D eigenvalue weighted by Gasteiger charge is -2.33. The number of aromatic nitrogens is 2. The molecule has 3 aromatic rings. The summed E-state index contributed by atoms with van der Waals surface area (Å²) in [6, 6.07) is 7.46. The van der Waals surface area contributed by atoms with Crippen molar-refractivity contribution in [2.45, 2.75) is 38.6 Å². The van der Waals surface area contributed by atoms with Gasteiger partial charge in [-0.15, -0.1) is 0 Å². The number of amides is 1. The summed E-state index contributed by atoms with van der Waals surface area (Å²) in [5.74, 6) is 1.47. The van der Waals surface area contributed by atoms with Crippen molar-refractivity contribution < 1.29 is 13.6 Å². The van der Waals surface area contributed by atoms with Crippen molar-refractivity contribution in [1.29, 1.82) is 0 Å². The second-order valence-corrected chi connectivity index (χ2v) is 7.18. The first-order valence-electron chi connectivity index (χ1n) is 9.02. The van der Waals surface area contributed by atoms with Gasteiger partial charge in [-0.25, -0.2) is 9.97 Å². The van der Waals surface area contributed by atoms with Crippen molar-refractivity contribution in [2.24, 2.45) is 0 Å². The van der Waals surface area contributed by atoms with E-state index >= 15 is 0 Å². The number of nitrogens with zero attached hydrogens (tertiary/aromatic N) is 3. The Hall–Kier alpha value is -2.60. The molecule has 1 aromatic carbocycles. The molecule has 0 saturated carbocycles. The molecule has 0 unspecified atom stereocenters. The second kappa shape index (κ2) is 7.56. The summed E-state index contributed by atoms with van der Waals surface area (Å²) in [5, 5.41) is 0.705. The summed E-state index contributed by atoms with van der Waals surface area (Å²) in [5.41, 5.74) is 1.69. The zero-order valence-corrected chi connectivity index (χ0v) is 15.8. The van der Waals surface area contributed by atoms with E-state index in [1.165, 1.54) is 6.39 Å². The molecular weight excluding hydrogens is 366 g/mol. The van der Waals surface area contributed by atoms with E-state index < -0.39 is 0 Å². The normalized spacial score (nSPS) is 17.3. The number of hydrogen-bond acceptors (Lipinski definition) is 5. The number of rotatable bonds is 4. The molecule has 3 heterocycles. The summed E-state index contributed by atoms with van der Waals surface area (Å²) in [6.07, 6.45) is 6.47. The fraction of sp³-hybridized carbons (Fsp3) is 0.350. The van der Waals surface area contributed by atoms with Gasteiger partial charge in [0.1, 0.15) is 11.8 Å². The number of piperidine rings is 1. The smallest absolute Gasteiger partial charge is 0.292 e. The number of halogens is 1. The van der Waals surface area contributed by atoms with Crippen LogP contribution in [-0.4, -0.2) is 27.3 Å². The van der Waals surface area contributed by atoms with E-state index in [0.717, 1.165) is 30.6 Å². The molecule has 0 bridgehead atoms. The van der Waals surface area contributed by atoms with Crippen LogP contribution < -0.4 is 0 Å². The highest BCUT2D eigenvalue weighted by Gasteiger charge is 2.34. The van der Waals surface area contributed by atoms with E-state index in [2.05, 4.69) is 9.97 Å². The van der Waals surface area contributed by atoms with Crippen LogP contribution in [-0.2, 0) is 6.42 Å². The van der Waals surface area contributed by atoms with Gasteiger partial charge in [0.15, 0.2) is 6.39 Å². The SMILES string of the molecule is Cc1ncoc1C(=O)N1CCCC[C@@H]1c1ncc(Cc2ccc(Cl)cc2)o1. The van der Waals surface area contributed by atoms with Crippen molar-refractivity contribution >= 4 is 17.5 Å². The summed E-state index contributed by atoms with van der Waals surface area (Å²) < 4.78 is 11.3. The maximum Gasteiger partial charge on any atom is 0.292 e. The highest BCUT2D eigenvalue weighted by molar-refractivity contribution is 6.30. The fourth-order valence-electron chi connectivity index (χ4n) is 3.43. The van der Waals surface area contributed by atoms with Crippen LogP contribution in [0.15, 0.2) is 45.7 Å². The van der Waals surface area contributed by atoms with Gasteiger partial charge in [-0.3, -0.25) is 4.79 Å². The molecule has 1 fully saturated rings. The minimum Gasteiger partial charge on any atom is -0.443 e. The van der Waals surface area contributed by atoms with Crippen molar-refractivity contribution in [3.63, 3.8) is 0 Å². The van der Waals surface area contributed by atoms with Crippen LogP contribution in [0.3, 0.4) is 0 Å². The van der Waals surface area contributed by atoms with Gasteiger partial charge in [0.2, 0.25) is 11.7 Å². The topological polar surface area (TPSA) is 72.4 Å². The van der Waals surface area contributed by atoms with Gasteiger partial charge in [-0.2, -0.15) is 0 Å². The minimum atomic E-state index is -0.185. The molecule has 0 spiro atoms. The molecule has 27 heavy (non-hydrogen) atoms. The summed E-state index contributed by atoms with van der Waals surface area (Å²) in [7, 11) is 0. The number of benzene rings is 1. The lowest BCUT2D eigenvalue weighted by Crippen LogP contribution is -2.38. The molecule has 7 heteroatoms. The molecule has 140 valence electrons. The molecule has 0 N–H and O–H groups in total. The average molecular weight is 386 g/mol. The zero-order chi connectivity index (χ0) is 18.8. The highest BCUT2D eigenvalue weighted by atomic mass is 35.5. The van der Waals surface area contributed by atoms with Gasteiger partial charge < -0.3 is 13.7 Å². The van der Waals surface area contributed by atoms with Gasteiger partial charge in [0, 0.05) is 18.0 Å². The van der Waals surface area contributed by atoms with E-state index in [4.69, 9.17) is 20.4 Å². The van der Waals surface area contributed by atoms with Crippen LogP contribution in [0.2, 0.25) is 5.02 Å². The van der Waals surface area contributed by atoms with Crippen LogP contribution in [0.5, 0.6) is 0 Å². The summed E-state index contributed by atoms with van der Waals surface area (Å²) >= 11 is 5.93. The first-order valence-corrected chi connectivity index (χ1v) is 9.39. The second-order valence-electron chi connectivity index (χ2n) is 6.75. The Morgan fingerprint density at radius 3 is 2.81 bits per heavy atom. The number of carbonyl (C=O) groups excluding carboxylic acids is 1. The first-order chi connectivity index (χ1) is 13.1. The Balaban J connectivity index is 1.54. The molecule has 4 rings (SSSR count). The summed E-state index contributed by atoms with van der Waals surface area (Å²) in [6.45, 7) is 2.42. The standard InChI is InChI=1S/C20H20ClN3O3/c1-13-18(26-12-23-13)20(25)24-9-3-2-4-17(24)19-22-11-16(27-19)10-14-5-7-15(21)8-6-14/h5-8,11-12,17H,2-4,9-10H2,1H3/t17-/m1/s1. The zero-order valence-electron chi connectivity index (χ0n) is 15.0. The predicted octanol–water partition coefficient (Wildman–Crippen LogP) is 4.58. The lowest BCUT2D eigenvalue weighted by atomic mass is 10.0. The van der Waals surface area contributed by atoms with Gasteiger partial charge >= 0.3 is 0 Å². The fourth-order valence-corrected chi connectivity index (χ4v) is 3.56. The Morgan fingerprint density at radius 2 is 2.07 bits per heavy atom. The minimum absolute atomic E-state index is 0.160. The van der Waals surface area contributed by atoms with Crippen molar-refractivity contribution in [3.8, 4) is 0 Å². The van der Waals surface area contributed by atoms with E-state index in [9.17, 15) is 4.79 Å². The predicted molar refractivity (Wildman–Crippen MR) is 99.6 cm³/mol. The van der Waals surface area contributed by atoms with Crippen LogP contribution >= 0.6 is 11.6 Å². The largest absolute Gasteiger partial charge is 0.443 e. The third-order valence-corrected chi connectivity index (χ3v) is 5.10. The summed E-state index contributed by atoms with van der Waals surface area (Å²) in [4.78, 5) is 23.2. The maximum absolute atomic E-state index is 12.9. The Morgan fingerprint density at radius 1 is 1.26 bits per heavy atom. The lowest BCUT2D eigenvalue weighted by molar-refractivity contribution is 0.0537. The van der Waals surface area contributed by atoms with E-state index in [1.54, 1.807) is 18.0 Å². The molecule has 1 aliphatic heterocycles. The number of carbonyl (C=O) groups is 1. The third-order valence-electron chi connectivity index (χ3n) is 4.85. The Labute approximate surface area is 162 Å². The van der Waals surface area contributed by atoms with Gasteiger partial charge in [-0.1, -0.05) is 23.7 Å². The third kappa shape index (κ3) is 3.76. The van der Waals surface area contributed by atoms with Gasteiger partial charge in [-0.05, 0) is 43.9 Å². The van der Waals surface area contributed by atoms with Crippen LogP contribution in [0.1, 0.15) is 58.8 Å². The van der Waals surface area contributed by atoms with Crippen LogP contribution in [0.25, 0.3) is 0 Å². The quantitative estimate of drug-likeness (QED) is 0.657. The molecule has 1 amide bonds. The Kier molecular flexibility index (Phi) is 4.99. The maximum atomic E-state index is 12.9. The number of hydrogen-bond donors (Lipinski definition) is 0. The monoisotopic (exact) mass is 385 g/mol. The number of oxazole rings is 2. The van der Waals surface area contributed by atoms with Crippen LogP contribution in [0.4, 0.5) is 0 Å². The van der Waals surface area contributed by atoms with Crippen molar-refractivity contribution in [1.82, 2.24) is 14.9 Å². The molecule has 2 aromatic heterocycles. The number of aryl methyl sites for hydroxylation is 1.